The van der Waals surface area contributed by atoms with Crippen molar-refractivity contribution in [1.29, 1.82) is 0 Å². The van der Waals surface area contributed by atoms with E-state index in [0.29, 0.717) is 0 Å². The van der Waals surface area contributed by atoms with Crippen LogP contribution >= 0.6 is 7.75 Å². The van der Waals surface area contributed by atoms with E-state index in [1.54, 1.807) is 32.0 Å². The highest BCUT2D eigenvalue weighted by atomic mass is 31.2. The topological polar surface area (TPSA) is 156 Å². The molecule has 0 aliphatic carbocycles. The maximum Gasteiger partial charge on any atom is 0.459 e. The Morgan fingerprint density at radius 2 is 1.93 bits per heavy atom. The molecule has 44 heavy (non-hydrogen) atoms. The molecule has 2 unspecified atom stereocenters. The Morgan fingerprint density at radius 1 is 1.25 bits per heavy atom. The number of hydrogen-bond acceptors (Lipinski definition) is 11. The monoisotopic (exact) mass is 641 g/mol. The smallest absolute Gasteiger partial charge is 0.459 e. The first-order chi connectivity index (χ1) is 20.5. The third-order valence-corrected chi connectivity index (χ3v) is 8.14. The van der Waals surface area contributed by atoms with Gasteiger partial charge in [-0.15, -0.1) is 0 Å². The van der Waals surface area contributed by atoms with E-state index in [9.17, 15) is 14.5 Å². The number of ether oxygens (including phenoxy) is 3. The van der Waals surface area contributed by atoms with Crippen molar-refractivity contribution in [2.24, 2.45) is 5.41 Å². The molecule has 2 N–H and O–H groups in total. The zero-order valence-corrected chi connectivity index (χ0v) is 26.5. The van der Waals surface area contributed by atoms with Gasteiger partial charge in [-0.05, 0) is 45.2 Å². The van der Waals surface area contributed by atoms with Gasteiger partial charge in [0.25, 0.3) is 5.85 Å². The Labute approximate surface area is 253 Å². The molecular formula is C28H38F2N5O8P. The van der Waals surface area contributed by atoms with Crippen LogP contribution in [0.2, 0.25) is 0 Å². The zero-order valence-electron chi connectivity index (χ0n) is 25.6. The van der Waals surface area contributed by atoms with E-state index in [1.807, 2.05) is 20.8 Å². The first-order valence-electron chi connectivity index (χ1n) is 14.0. The second kappa shape index (κ2) is 12.6. The van der Waals surface area contributed by atoms with Crippen molar-refractivity contribution in [2.45, 2.75) is 78.4 Å². The van der Waals surface area contributed by atoms with Gasteiger partial charge in [0.1, 0.15) is 24.2 Å². The van der Waals surface area contributed by atoms with E-state index in [-0.39, 0.29) is 47.2 Å². The number of rotatable bonds is 12. The van der Waals surface area contributed by atoms with Crippen molar-refractivity contribution in [1.82, 2.24) is 24.6 Å². The van der Waals surface area contributed by atoms with Crippen LogP contribution in [0, 0.1) is 12.3 Å². The molecule has 0 bridgehead atoms. The Hall–Kier alpha value is -3.23. The number of aliphatic hydroxyl groups is 1. The van der Waals surface area contributed by atoms with E-state index in [1.165, 1.54) is 25.4 Å². The second-order valence-corrected chi connectivity index (χ2v) is 13.5. The van der Waals surface area contributed by atoms with Crippen LogP contribution in [0.15, 0.2) is 36.7 Å². The third kappa shape index (κ3) is 7.35. The van der Waals surface area contributed by atoms with E-state index in [4.69, 9.17) is 23.3 Å². The number of esters is 1. The van der Waals surface area contributed by atoms with Crippen LogP contribution in [0.4, 0.5) is 8.78 Å². The van der Waals surface area contributed by atoms with Gasteiger partial charge in [0, 0.05) is 0 Å². The number of carbonyl (C=O) groups excluding carboxylic acids is 1. The summed E-state index contributed by atoms with van der Waals surface area (Å²) in [6.07, 6.45) is -3.04. The van der Waals surface area contributed by atoms with Gasteiger partial charge in [0.05, 0.1) is 19.5 Å². The number of carbonyl (C=O) groups is 1. The Morgan fingerprint density at radius 3 is 2.57 bits per heavy atom. The minimum absolute atomic E-state index is 0.0673. The molecule has 0 amide bonds. The summed E-state index contributed by atoms with van der Waals surface area (Å²) in [7, 11) is -4.58. The fraction of sp³-hybridized carbons (Fsp3) is 0.571. The number of hydrogen-bond donors (Lipinski definition) is 2. The van der Waals surface area contributed by atoms with Gasteiger partial charge in [0.15, 0.2) is 29.2 Å². The van der Waals surface area contributed by atoms with Gasteiger partial charge in [-0.2, -0.15) is 10.1 Å². The van der Waals surface area contributed by atoms with Crippen LogP contribution < -0.4 is 14.3 Å². The molecule has 1 aromatic carbocycles. The Kier molecular flexibility index (Phi) is 9.67. The molecule has 3 aromatic rings. The lowest BCUT2D eigenvalue weighted by molar-refractivity contribution is -0.202. The average molecular weight is 642 g/mol. The molecule has 0 spiro atoms. The summed E-state index contributed by atoms with van der Waals surface area (Å²) < 4.78 is 74.6. The summed E-state index contributed by atoms with van der Waals surface area (Å²) >= 11 is 0. The normalized spacial score (nSPS) is 25.9. The lowest BCUT2D eigenvalue weighted by Crippen LogP contribution is -2.47. The van der Waals surface area contributed by atoms with Gasteiger partial charge in [-0.25, -0.2) is 23.3 Å². The predicted molar refractivity (Wildman–Crippen MR) is 154 cm³/mol. The molecule has 1 aliphatic rings. The van der Waals surface area contributed by atoms with Gasteiger partial charge in [-0.3, -0.25) is 13.9 Å². The molecule has 16 heteroatoms. The van der Waals surface area contributed by atoms with Crippen LogP contribution in [-0.4, -0.2) is 74.1 Å². The third-order valence-electron chi connectivity index (χ3n) is 6.52. The number of para-hydroxylation sites is 1. The highest BCUT2D eigenvalue weighted by Gasteiger charge is 2.65. The lowest BCUT2D eigenvalue weighted by atomic mass is 9.97. The van der Waals surface area contributed by atoms with Gasteiger partial charge < -0.3 is 23.8 Å². The highest BCUT2D eigenvalue weighted by molar-refractivity contribution is 7.52. The fourth-order valence-corrected chi connectivity index (χ4v) is 5.86. The first-order valence-corrected chi connectivity index (χ1v) is 15.5. The van der Waals surface area contributed by atoms with Crippen LogP contribution in [-0.2, 0) is 23.4 Å². The number of aryl methyl sites for hydroxylation is 1. The predicted octanol–water partition coefficient (Wildman–Crippen LogP) is 4.59. The number of alkyl halides is 2. The number of fused-ring (bicyclic) bond motifs is 1. The summed E-state index contributed by atoms with van der Waals surface area (Å²) in [5.74, 6) is -3.51. The van der Waals surface area contributed by atoms with Crippen molar-refractivity contribution >= 4 is 24.9 Å². The molecule has 3 heterocycles. The number of benzene rings is 1. The molecule has 0 saturated carbocycles. The standard InChI is InChI=1S/C28H38F2N5O8P/c1-8-39-22-20-21(32-18(3)33-22)35(16-31-20)25-27(7,29)24(37)28(30,42-25)15-41-44(38,43-19-12-10-9-11-13-19)34-17(2)23(36)40-14-26(4,5)6/h9-13,16-17,24-25,37H,8,14-15H2,1-7H3,(H,34,38)/t17?,24-,25+,27+,28+,44?/m0/s1. The molecular weight excluding hydrogens is 603 g/mol. The highest BCUT2D eigenvalue weighted by Crippen LogP contribution is 2.52. The Balaban J connectivity index is 1.59. The van der Waals surface area contributed by atoms with Crippen LogP contribution in [0.25, 0.3) is 11.2 Å². The zero-order chi connectivity index (χ0) is 32.5. The van der Waals surface area contributed by atoms with Crippen molar-refractivity contribution in [3.63, 3.8) is 0 Å². The number of imidazole rings is 1. The number of halogens is 2. The number of aromatic nitrogens is 4. The van der Waals surface area contributed by atoms with Crippen LogP contribution in [0.3, 0.4) is 0 Å². The summed E-state index contributed by atoms with van der Waals surface area (Å²) in [6, 6.07) is 6.58. The lowest BCUT2D eigenvalue weighted by Gasteiger charge is -2.28. The number of aliphatic hydroxyl groups excluding tert-OH is 1. The molecule has 1 fully saturated rings. The molecule has 2 aromatic heterocycles. The van der Waals surface area contributed by atoms with E-state index in [2.05, 4.69) is 20.0 Å². The molecule has 1 saturated heterocycles. The fourth-order valence-electron chi connectivity index (χ4n) is 4.35. The summed E-state index contributed by atoms with van der Waals surface area (Å²) in [5.41, 5.74) is -2.83. The number of nitrogens with zero attached hydrogens (tertiary/aromatic N) is 4. The second-order valence-electron chi connectivity index (χ2n) is 11.8. The minimum atomic E-state index is -4.58. The molecule has 0 radical (unpaired) electrons. The number of nitrogens with one attached hydrogen (secondary N) is 1. The van der Waals surface area contributed by atoms with Gasteiger partial charge in [0.2, 0.25) is 5.88 Å². The van der Waals surface area contributed by atoms with E-state index in [0.717, 1.165) is 11.5 Å². The first kappa shape index (κ1) is 33.7. The van der Waals surface area contributed by atoms with Crippen LogP contribution in [0.1, 0.15) is 53.6 Å². The molecule has 1 aliphatic heterocycles. The van der Waals surface area contributed by atoms with Crippen molar-refractivity contribution < 1.29 is 46.5 Å². The van der Waals surface area contributed by atoms with E-state index >= 15 is 8.78 Å². The quantitative estimate of drug-likeness (QED) is 0.210. The van der Waals surface area contributed by atoms with Gasteiger partial charge >= 0.3 is 13.7 Å². The molecule has 6 atom stereocenters. The molecule has 242 valence electrons. The Bertz CT molecular complexity index is 1520. The minimum Gasteiger partial charge on any atom is -0.476 e. The van der Waals surface area contributed by atoms with Crippen molar-refractivity contribution in [3.8, 4) is 11.6 Å². The maximum absolute atomic E-state index is 16.3. The van der Waals surface area contributed by atoms with Crippen molar-refractivity contribution in [3.05, 3.63) is 42.5 Å². The molecule has 4 rings (SSSR count). The average Bonchev–Trinajstić information content (AvgIpc) is 3.43. The summed E-state index contributed by atoms with van der Waals surface area (Å²) in [6.45, 7) is 10.3. The van der Waals surface area contributed by atoms with Crippen molar-refractivity contribution in [2.75, 3.05) is 19.8 Å². The maximum atomic E-state index is 16.3. The largest absolute Gasteiger partial charge is 0.476 e. The summed E-state index contributed by atoms with van der Waals surface area (Å²) in [5, 5.41) is 13.3. The van der Waals surface area contributed by atoms with Gasteiger partial charge in [-0.1, -0.05) is 39.0 Å². The summed E-state index contributed by atoms with van der Waals surface area (Å²) in [4.78, 5) is 25.3. The molecule has 13 nitrogen and oxygen atoms in total. The van der Waals surface area contributed by atoms with Crippen LogP contribution in [0.5, 0.6) is 11.6 Å². The SMILES string of the molecule is CCOc1nc(C)nc2c1ncn2[C@@H]1O[C@](F)(COP(=O)(NC(C)C(=O)OCC(C)(C)C)Oc2ccccc2)[C@@H](O)[C@@]1(C)F. The van der Waals surface area contributed by atoms with E-state index < -0.39 is 50.2 Å².